The van der Waals surface area contributed by atoms with Crippen molar-refractivity contribution in [3.63, 3.8) is 0 Å². The molecule has 1 heterocycles. The molecule has 2 aromatic rings. The molecule has 2 atom stereocenters. The van der Waals surface area contributed by atoms with E-state index in [-0.39, 0.29) is 17.9 Å². The molecule has 21 heavy (non-hydrogen) atoms. The molecule has 3 N–H and O–H groups in total. The van der Waals surface area contributed by atoms with Crippen LogP contribution >= 0.6 is 0 Å². The number of carbonyl (C=O) groups excluding carboxylic acids is 1. The molecular formula is C16H18N2O3. The highest BCUT2D eigenvalue weighted by Crippen LogP contribution is 2.26. The lowest BCUT2D eigenvalue weighted by Gasteiger charge is -2.11. The number of aromatic nitrogens is 1. The molecule has 1 aliphatic rings. The number of fused-ring (bicyclic) bond motifs is 1. The summed E-state index contributed by atoms with van der Waals surface area (Å²) >= 11 is 0. The Kier molecular flexibility index (Phi) is 3.41. The molecule has 0 aliphatic heterocycles. The minimum absolute atomic E-state index is 0.0493. The van der Waals surface area contributed by atoms with Gasteiger partial charge >= 0.3 is 5.97 Å². The second-order valence-corrected chi connectivity index (χ2v) is 5.79. The molecule has 1 amide bonds. The topological polar surface area (TPSA) is 82.2 Å². The maximum atomic E-state index is 12.2. The highest BCUT2D eigenvalue weighted by atomic mass is 16.4. The highest BCUT2D eigenvalue weighted by Gasteiger charge is 2.30. The lowest BCUT2D eigenvalue weighted by Crippen LogP contribution is -2.33. The smallest absolute Gasteiger partial charge is 0.306 e. The van der Waals surface area contributed by atoms with Crippen LogP contribution in [0.1, 0.15) is 35.3 Å². The van der Waals surface area contributed by atoms with Crippen molar-refractivity contribution < 1.29 is 14.7 Å². The first-order chi connectivity index (χ1) is 10.0. The van der Waals surface area contributed by atoms with Crippen molar-refractivity contribution in [1.82, 2.24) is 10.3 Å². The van der Waals surface area contributed by atoms with Crippen molar-refractivity contribution in [3.8, 4) is 0 Å². The molecule has 1 aromatic heterocycles. The van der Waals surface area contributed by atoms with Gasteiger partial charge in [-0.25, -0.2) is 0 Å². The Labute approximate surface area is 122 Å². The van der Waals surface area contributed by atoms with Gasteiger partial charge in [0.2, 0.25) is 0 Å². The minimum atomic E-state index is -0.771. The van der Waals surface area contributed by atoms with Crippen LogP contribution in [0.25, 0.3) is 10.9 Å². The number of H-pyrrole nitrogens is 1. The fourth-order valence-corrected chi connectivity index (χ4v) is 2.96. The summed E-state index contributed by atoms with van der Waals surface area (Å²) in [6.07, 6.45) is 1.87. The number of hydrogen-bond donors (Lipinski definition) is 3. The third-order valence-corrected chi connectivity index (χ3v) is 4.14. The first-order valence-electron chi connectivity index (χ1n) is 7.16. The number of benzene rings is 1. The summed E-state index contributed by atoms with van der Waals surface area (Å²) in [6, 6.07) is 7.77. The zero-order chi connectivity index (χ0) is 15.0. The fraction of sp³-hybridized carbons (Fsp3) is 0.375. The summed E-state index contributed by atoms with van der Waals surface area (Å²) in [7, 11) is 0. The number of carboxylic acid groups (broad SMARTS) is 1. The van der Waals surface area contributed by atoms with Gasteiger partial charge in [0.1, 0.15) is 5.69 Å². The van der Waals surface area contributed by atoms with E-state index >= 15 is 0 Å². The Hall–Kier alpha value is -2.30. The van der Waals surface area contributed by atoms with Crippen molar-refractivity contribution in [2.24, 2.45) is 5.92 Å². The van der Waals surface area contributed by atoms with Gasteiger partial charge in [-0.1, -0.05) is 12.1 Å². The van der Waals surface area contributed by atoms with Crippen LogP contribution in [0, 0.1) is 12.8 Å². The van der Waals surface area contributed by atoms with Crippen molar-refractivity contribution >= 4 is 22.8 Å². The summed E-state index contributed by atoms with van der Waals surface area (Å²) in [5.41, 5.74) is 2.60. The second kappa shape index (κ2) is 5.24. The molecule has 0 radical (unpaired) electrons. The zero-order valence-electron chi connectivity index (χ0n) is 11.8. The van der Waals surface area contributed by atoms with Crippen LogP contribution in [-0.2, 0) is 4.79 Å². The molecule has 0 spiro atoms. The highest BCUT2D eigenvalue weighted by molar-refractivity contribution is 5.98. The lowest BCUT2D eigenvalue weighted by atomic mass is 10.1. The maximum absolute atomic E-state index is 12.2. The van der Waals surface area contributed by atoms with E-state index in [0.29, 0.717) is 18.5 Å². The third kappa shape index (κ3) is 2.77. The van der Waals surface area contributed by atoms with Gasteiger partial charge in [0.15, 0.2) is 0 Å². The Morgan fingerprint density at radius 1 is 1.29 bits per heavy atom. The van der Waals surface area contributed by atoms with Crippen molar-refractivity contribution in [3.05, 3.63) is 35.5 Å². The minimum Gasteiger partial charge on any atom is -0.481 e. The maximum Gasteiger partial charge on any atom is 0.306 e. The summed E-state index contributed by atoms with van der Waals surface area (Å²) < 4.78 is 0. The summed E-state index contributed by atoms with van der Waals surface area (Å²) in [4.78, 5) is 26.3. The van der Waals surface area contributed by atoms with Crippen LogP contribution in [0.4, 0.5) is 0 Å². The number of carboxylic acids is 1. The van der Waals surface area contributed by atoms with E-state index in [9.17, 15) is 9.59 Å². The van der Waals surface area contributed by atoms with Crippen LogP contribution in [-0.4, -0.2) is 28.0 Å². The van der Waals surface area contributed by atoms with Crippen molar-refractivity contribution in [2.45, 2.75) is 32.2 Å². The van der Waals surface area contributed by atoms with Crippen molar-refractivity contribution in [2.75, 3.05) is 0 Å². The molecule has 110 valence electrons. The first-order valence-corrected chi connectivity index (χ1v) is 7.16. The predicted molar refractivity (Wildman–Crippen MR) is 79.3 cm³/mol. The van der Waals surface area contributed by atoms with E-state index in [4.69, 9.17) is 5.11 Å². The average Bonchev–Trinajstić information content (AvgIpc) is 3.04. The zero-order valence-corrected chi connectivity index (χ0v) is 11.8. The quantitative estimate of drug-likeness (QED) is 0.810. The number of amides is 1. The third-order valence-electron chi connectivity index (χ3n) is 4.14. The lowest BCUT2D eigenvalue weighted by molar-refractivity contribution is -0.141. The van der Waals surface area contributed by atoms with Crippen LogP contribution < -0.4 is 5.32 Å². The standard InChI is InChI=1S/C16H18N2O3/c1-9-2-3-10-8-14(18-13(10)6-9)15(19)17-12-5-4-11(7-12)16(20)21/h2-3,6,8,11-12,18H,4-5,7H2,1H3,(H,17,19)(H,20,21)/t11-,12+/m0/s1. The molecule has 3 rings (SSSR count). The molecule has 0 bridgehead atoms. The summed E-state index contributed by atoms with van der Waals surface area (Å²) in [6.45, 7) is 2.00. The van der Waals surface area contributed by atoms with Gasteiger partial charge in [0.25, 0.3) is 5.91 Å². The Bertz CT molecular complexity index is 705. The molecule has 1 fully saturated rings. The fourth-order valence-electron chi connectivity index (χ4n) is 2.96. The Morgan fingerprint density at radius 2 is 2.10 bits per heavy atom. The number of hydrogen-bond acceptors (Lipinski definition) is 2. The molecule has 1 aromatic carbocycles. The van der Waals surface area contributed by atoms with Gasteiger partial charge in [-0.3, -0.25) is 9.59 Å². The molecular weight excluding hydrogens is 268 g/mol. The van der Waals surface area contributed by atoms with Gasteiger partial charge in [-0.15, -0.1) is 0 Å². The van der Waals surface area contributed by atoms with E-state index < -0.39 is 5.97 Å². The largest absolute Gasteiger partial charge is 0.481 e. The van der Waals surface area contributed by atoms with Gasteiger partial charge < -0.3 is 15.4 Å². The molecule has 5 nitrogen and oxygen atoms in total. The SMILES string of the molecule is Cc1ccc2cc(C(=O)N[C@@H]3CC[C@H](C(=O)O)C3)[nH]c2c1. The summed E-state index contributed by atoms with van der Waals surface area (Å²) in [5, 5.41) is 12.9. The predicted octanol–water partition coefficient (Wildman–Crippen LogP) is 2.46. The van der Waals surface area contributed by atoms with E-state index in [0.717, 1.165) is 22.9 Å². The van der Waals surface area contributed by atoms with Crippen molar-refractivity contribution in [1.29, 1.82) is 0 Å². The van der Waals surface area contributed by atoms with E-state index in [1.165, 1.54) is 0 Å². The Balaban J connectivity index is 1.71. The Morgan fingerprint density at radius 3 is 2.81 bits per heavy atom. The van der Waals surface area contributed by atoms with Crippen LogP contribution in [0.3, 0.4) is 0 Å². The van der Waals surface area contributed by atoms with Gasteiger partial charge in [0.05, 0.1) is 5.92 Å². The van der Waals surface area contributed by atoms with Gasteiger partial charge in [-0.05, 0) is 43.9 Å². The average molecular weight is 286 g/mol. The van der Waals surface area contributed by atoms with Crippen LogP contribution in [0.2, 0.25) is 0 Å². The molecule has 1 aliphatic carbocycles. The van der Waals surface area contributed by atoms with E-state index in [1.807, 2.05) is 31.2 Å². The van der Waals surface area contributed by atoms with E-state index in [1.54, 1.807) is 0 Å². The number of carbonyl (C=O) groups is 2. The van der Waals surface area contributed by atoms with Gasteiger partial charge in [-0.2, -0.15) is 0 Å². The number of aliphatic carboxylic acids is 1. The molecule has 5 heteroatoms. The number of aryl methyl sites for hydroxylation is 1. The normalized spacial score (nSPS) is 21.6. The molecule has 1 saturated carbocycles. The van der Waals surface area contributed by atoms with Crippen LogP contribution in [0.5, 0.6) is 0 Å². The van der Waals surface area contributed by atoms with Gasteiger partial charge in [0, 0.05) is 16.9 Å². The second-order valence-electron chi connectivity index (χ2n) is 5.79. The van der Waals surface area contributed by atoms with Crippen LogP contribution in [0.15, 0.2) is 24.3 Å². The molecule has 0 saturated heterocycles. The number of nitrogens with one attached hydrogen (secondary N) is 2. The molecule has 0 unspecified atom stereocenters. The number of rotatable bonds is 3. The first kappa shape index (κ1) is 13.7. The number of aromatic amines is 1. The van der Waals surface area contributed by atoms with E-state index in [2.05, 4.69) is 10.3 Å². The monoisotopic (exact) mass is 286 g/mol. The summed E-state index contributed by atoms with van der Waals surface area (Å²) in [5.74, 6) is -1.27.